The predicted molar refractivity (Wildman–Crippen MR) is 64.7 cm³/mol. The van der Waals surface area contributed by atoms with E-state index in [2.05, 4.69) is 24.1 Å². The van der Waals surface area contributed by atoms with Gasteiger partial charge < -0.3 is 15.3 Å². The summed E-state index contributed by atoms with van der Waals surface area (Å²) < 4.78 is 0. The van der Waals surface area contributed by atoms with Crippen molar-refractivity contribution in [1.82, 2.24) is 10.2 Å². The minimum atomic E-state index is -1.11. The SMILES string of the molecule is CCCN(CC)CCNC(=O)C1(C(=O)O)CC1. The summed E-state index contributed by atoms with van der Waals surface area (Å²) in [6.07, 6.45) is 2.03. The van der Waals surface area contributed by atoms with Crippen molar-refractivity contribution >= 4 is 11.9 Å². The summed E-state index contributed by atoms with van der Waals surface area (Å²) in [7, 11) is 0. The summed E-state index contributed by atoms with van der Waals surface area (Å²) in [6.45, 7) is 7.47. The molecule has 17 heavy (non-hydrogen) atoms. The monoisotopic (exact) mass is 242 g/mol. The Hall–Kier alpha value is -1.10. The molecule has 0 radical (unpaired) electrons. The van der Waals surface area contributed by atoms with Crippen molar-refractivity contribution in [2.24, 2.45) is 5.41 Å². The van der Waals surface area contributed by atoms with Crippen LogP contribution in [0.15, 0.2) is 0 Å². The number of likely N-dealkylation sites (N-methyl/N-ethyl adjacent to an activating group) is 1. The van der Waals surface area contributed by atoms with Crippen LogP contribution in [-0.2, 0) is 9.59 Å². The molecule has 0 aromatic rings. The quantitative estimate of drug-likeness (QED) is 0.615. The minimum Gasteiger partial charge on any atom is -0.480 e. The highest BCUT2D eigenvalue weighted by Crippen LogP contribution is 2.45. The predicted octanol–water partition coefficient (Wildman–Crippen LogP) is 0.699. The van der Waals surface area contributed by atoms with E-state index in [1.807, 2.05) is 0 Å². The molecule has 0 saturated heterocycles. The molecule has 2 N–H and O–H groups in total. The van der Waals surface area contributed by atoms with Gasteiger partial charge in [0.2, 0.25) is 5.91 Å². The molecular weight excluding hydrogens is 220 g/mol. The van der Waals surface area contributed by atoms with Gasteiger partial charge in [-0.3, -0.25) is 9.59 Å². The van der Waals surface area contributed by atoms with E-state index in [1.54, 1.807) is 0 Å². The van der Waals surface area contributed by atoms with Crippen LogP contribution >= 0.6 is 0 Å². The second kappa shape index (κ2) is 6.00. The van der Waals surface area contributed by atoms with Gasteiger partial charge in [0.25, 0.3) is 0 Å². The molecule has 1 aliphatic carbocycles. The molecule has 0 bridgehead atoms. The van der Waals surface area contributed by atoms with Crippen molar-refractivity contribution in [3.63, 3.8) is 0 Å². The fraction of sp³-hybridized carbons (Fsp3) is 0.833. The van der Waals surface area contributed by atoms with Crippen LogP contribution in [0.1, 0.15) is 33.1 Å². The zero-order valence-electron chi connectivity index (χ0n) is 10.7. The highest BCUT2D eigenvalue weighted by atomic mass is 16.4. The number of hydrogen-bond donors (Lipinski definition) is 2. The second-order valence-electron chi connectivity index (χ2n) is 4.58. The molecule has 1 rings (SSSR count). The first kappa shape index (κ1) is 14.0. The van der Waals surface area contributed by atoms with E-state index in [1.165, 1.54) is 0 Å². The molecule has 0 heterocycles. The number of carboxylic acids is 1. The van der Waals surface area contributed by atoms with Gasteiger partial charge in [0, 0.05) is 13.1 Å². The van der Waals surface area contributed by atoms with Crippen LogP contribution < -0.4 is 5.32 Å². The number of carbonyl (C=O) groups is 2. The van der Waals surface area contributed by atoms with Gasteiger partial charge in [-0.25, -0.2) is 0 Å². The van der Waals surface area contributed by atoms with E-state index in [0.29, 0.717) is 19.4 Å². The Morgan fingerprint density at radius 1 is 1.29 bits per heavy atom. The maximum Gasteiger partial charge on any atom is 0.319 e. The summed E-state index contributed by atoms with van der Waals surface area (Å²) in [5, 5.41) is 11.7. The van der Waals surface area contributed by atoms with Crippen LogP contribution in [0.2, 0.25) is 0 Å². The minimum absolute atomic E-state index is 0.322. The largest absolute Gasteiger partial charge is 0.480 e. The fourth-order valence-electron chi connectivity index (χ4n) is 1.90. The van der Waals surface area contributed by atoms with Gasteiger partial charge in [-0.15, -0.1) is 0 Å². The molecule has 0 aromatic carbocycles. The first-order chi connectivity index (χ1) is 8.06. The standard InChI is InChI=1S/C12H22N2O3/c1-3-8-14(4-2)9-7-13-10(15)12(5-6-12)11(16)17/h3-9H2,1-2H3,(H,13,15)(H,16,17). The third kappa shape index (κ3) is 3.43. The Morgan fingerprint density at radius 2 is 1.94 bits per heavy atom. The fourth-order valence-corrected chi connectivity index (χ4v) is 1.90. The maximum absolute atomic E-state index is 11.7. The number of amides is 1. The topological polar surface area (TPSA) is 69.6 Å². The first-order valence-electron chi connectivity index (χ1n) is 6.31. The van der Waals surface area contributed by atoms with E-state index >= 15 is 0 Å². The Kier molecular flexibility index (Phi) is 4.93. The summed E-state index contributed by atoms with van der Waals surface area (Å²) in [4.78, 5) is 24.8. The smallest absolute Gasteiger partial charge is 0.319 e. The lowest BCUT2D eigenvalue weighted by atomic mass is 10.1. The molecule has 1 aliphatic rings. The number of hydrogen-bond acceptors (Lipinski definition) is 3. The van der Waals surface area contributed by atoms with Crippen molar-refractivity contribution < 1.29 is 14.7 Å². The highest BCUT2D eigenvalue weighted by Gasteiger charge is 2.56. The number of carboxylic acid groups (broad SMARTS) is 1. The number of aliphatic carboxylic acids is 1. The van der Waals surface area contributed by atoms with Crippen LogP contribution in [0, 0.1) is 5.41 Å². The van der Waals surface area contributed by atoms with Crippen LogP contribution in [-0.4, -0.2) is 48.1 Å². The summed E-state index contributed by atoms with van der Waals surface area (Å²) >= 11 is 0. The van der Waals surface area contributed by atoms with E-state index in [0.717, 1.165) is 26.1 Å². The van der Waals surface area contributed by atoms with Gasteiger partial charge in [0.1, 0.15) is 5.41 Å². The average Bonchev–Trinajstić information content (AvgIpc) is 3.08. The summed E-state index contributed by atoms with van der Waals surface area (Å²) in [5.74, 6) is -1.31. The highest BCUT2D eigenvalue weighted by molar-refractivity contribution is 6.04. The molecule has 5 heteroatoms. The van der Waals surface area contributed by atoms with Crippen LogP contribution in [0.3, 0.4) is 0 Å². The summed E-state index contributed by atoms with van der Waals surface area (Å²) in [6, 6.07) is 0. The molecule has 98 valence electrons. The van der Waals surface area contributed by atoms with Gasteiger partial charge in [-0.1, -0.05) is 13.8 Å². The Bertz CT molecular complexity index is 287. The van der Waals surface area contributed by atoms with Crippen molar-refractivity contribution in [3.8, 4) is 0 Å². The zero-order valence-corrected chi connectivity index (χ0v) is 10.7. The molecule has 0 aliphatic heterocycles. The average molecular weight is 242 g/mol. The van der Waals surface area contributed by atoms with Gasteiger partial charge in [-0.05, 0) is 32.4 Å². The van der Waals surface area contributed by atoms with E-state index in [-0.39, 0.29) is 5.91 Å². The zero-order chi connectivity index (χ0) is 12.9. The normalized spacial score (nSPS) is 16.9. The van der Waals surface area contributed by atoms with Gasteiger partial charge in [0.15, 0.2) is 0 Å². The number of nitrogens with one attached hydrogen (secondary N) is 1. The first-order valence-corrected chi connectivity index (χ1v) is 6.31. The lowest BCUT2D eigenvalue weighted by molar-refractivity contribution is -0.149. The van der Waals surface area contributed by atoms with E-state index < -0.39 is 11.4 Å². The number of rotatable bonds is 8. The second-order valence-corrected chi connectivity index (χ2v) is 4.58. The van der Waals surface area contributed by atoms with Crippen molar-refractivity contribution in [2.45, 2.75) is 33.1 Å². The van der Waals surface area contributed by atoms with Gasteiger partial charge in [-0.2, -0.15) is 0 Å². The Morgan fingerprint density at radius 3 is 2.35 bits per heavy atom. The van der Waals surface area contributed by atoms with Crippen molar-refractivity contribution in [2.75, 3.05) is 26.2 Å². The molecule has 1 saturated carbocycles. The molecular formula is C12H22N2O3. The number of nitrogens with zero attached hydrogens (tertiary/aromatic N) is 1. The molecule has 5 nitrogen and oxygen atoms in total. The molecule has 0 aromatic heterocycles. The van der Waals surface area contributed by atoms with Crippen molar-refractivity contribution in [1.29, 1.82) is 0 Å². The lowest BCUT2D eigenvalue weighted by Crippen LogP contribution is -2.41. The summed E-state index contributed by atoms with van der Waals surface area (Å²) in [5.41, 5.74) is -1.11. The third-order valence-electron chi connectivity index (χ3n) is 3.29. The van der Waals surface area contributed by atoms with Crippen LogP contribution in [0.25, 0.3) is 0 Å². The molecule has 0 spiro atoms. The van der Waals surface area contributed by atoms with Gasteiger partial charge in [0.05, 0.1) is 0 Å². The van der Waals surface area contributed by atoms with Crippen molar-refractivity contribution in [3.05, 3.63) is 0 Å². The molecule has 0 unspecified atom stereocenters. The number of carbonyl (C=O) groups excluding carboxylic acids is 1. The lowest BCUT2D eigenvalue weighted by Gasteiger charge is -2.20. The Balaban J connectivity index is 2.27. The van der Waals surface area contributed by atoms with E-state index in [9.17, 15) is 9.59 Å². The molecule has 1 fully saturated rings. The van der Waals surface area contributed by atoms with Crippen LogP contribution in [0.4, 0.5) is 0 Å². The molecule has 0 atom stereocenters. The van der Waals surface area contributed by atoms with E-state index in [4.69, 9.17) is 5.11 Å². The third-order valence-corrected chi connectivity index (χ3v) is 3.29. The van der Waals surface area contributed by atoms with Gasteiger partial charge >= 0.3 is 5.97 Å². The Labute approximate surface area is 102 Å². The maximum atomic E-state index is 11.7. The van der Waals surface area contributed by atoms with Crippen LogP contribution in [0.5, 0.6) is 0 Å². The molecule has 1 amide bonds.